The van der Waals surface area contributed by atoms with Gasteiger partial charge in [0, 0.05) is 75.5 Å². The molecular formula is C38H45N9O3. The summed E-state index contributed by atoms with van der Waals surface area (Å²) >= 11 is 0. The van der Waals surface area contributed by atoms with Gasteiger partial charge in [-0.05, 0) is 73.9 Å². The molecule has 1 aliphatic carbocycles. The Bertz CT molecular complexity index is 1850. The largest absolute Gasteiger partial charge is 0.372 e. The van der Waals surface area contributed by atoms with Crippen molar-refractivity contribution in [2.45, 2.75) is 63.3 Å². The lowest BCUT2D eigenvalue weighted by molar-refractivity contribution is -0.134. The maximum absolute atomic E-state index is 12.4. The number of nitrogens with zero attached hydrogens (tertiary/aromatic N) is 7. The Morgan fingerprint density at radius 3 is 2.38 bits per heavy atom. The van der Waals surface area contributed by atoms with Gasteiger partial charge in [-0.2, -0.15) is 4.98 Å². The van der Waals surface area contributed by atoms with E-state index in [1.807, 2.05) is 30.5 Å². The van der Waals surface area contributed by atoms with E-state index in [1.54, 1.807) is 6.20 Å². The van der Waals surface area contributed by atoms with Crippen molar-refractivity contribution in [1.82, 2.24) is 29.7 Å². The molecule has 1 atom stereocenters. The fourth-order valence-electron chi connectivity index (χ4n) is 8.36. The van der Waals surface area contributed by atoms with Crippen LogP contribution in [-0.4, -0.2) is 88.3 Å². The molecule has 0 radical (unpaired) electrons. The summed E-state index contributed by atoms with van der Waals surface area (Å²) in [5.41, 5.74) is 4.75. The number of carbonyl (C=O) groups is 3. The van der Waals surface area contributed by atoms with E-state index < -0.39 is 0 Å². The van der Waals surface area contributed by atoms with Gasteiger partial charge in [0.1, 0.15) is 11.5 Å². The molecule has 6 heterocycles. The van der Waals surface area contributed by atoms with Gasteiger partial charge in [0.05, 0.1) is 23.5 Å². The highest BCUT2D eigenvalue weighted by Gasteiger charge is 2.29. The number of aldehydes is 1. The molecule has 1 unspecified atom stereocenters. The summed E-state index contributed by atoms with van der Waals surface area (Å²) in [6.07, 6.45) is 12.4. The number of fused-ring (bicyclic) bond motifs is 1. The van der Waals surface area contributed by atoms with Gasteiger partial charge in [0.2, 0.25) is 17.8 Å². The average Bonchev–Trinajstić information content (AvgIpc) is 3.81. The Hall–Kier alpha value is -4.84. The first kappa shape index (κ1) is 32.4. The molecule has 0 spiro atoms. The standard InChI is InChI=1S/C38H45N9O3/c48-25-32-21-28-22-40-38(43-36(28)47(32)29-5-1-2-6-29)41-34-10-8-31(23-39-34)46-18-16-44(17-19-46)24-26-12-14-45(15-13-26)30-7-3-4-27(20-30)33-9-11-35(49)42-37(33)50/h3-4,7-8,10,20-23,25-26,29,33H,1-2,5-6,9,11-19,24H2,(H,42,49,50)(H,39,40,41,43). The molecule has 50 heavy (non-hydrogen) atoms. The zero-order valence-corrected chi connectivity index (χ0v) is 28.5. The first-order valence-corrected chi connectivity index (χ1v) is 18.2. The number of aromatic nitrogens is 4. The second kappa shape index (κ2) is 14.2. The van der Waals surface area contributed by atoms with Gasteiger partial charge in [-0.15, -0.1) is 0 Å². The molecule has 8 rings (SSSR count). The highest BCUT2D eigenvalue weighted by Crippen LogP contribution is 2.34. The molecule has 1 aromatic carbocycles. The van der Waals surface area contributed by atoms with E-state index in [1.165, 1.54) is 18.5 Å². The van der Waals surface area contributed by atoms with Crippen LogP contribution in [0.15, 0.2) is 54.9 Å². The minimum absolute atomic E-state index is 0.173. The number of nitrogens with one attached hydrogen (secondary N) is 2. The Balaban J connectivity index is 0.813. The topological polar surface area (TPSA) is 129 Å². The third-order valence-electron chi connectivity index (χ3n) is 11.1. The van der Waals surface area contributed by atoms with Crippen LogP contribution in [0, 0.1) is 5.92 Å². The Kier molecular flexibility index (Phi) is 9.18. The molecule has 2 amide bonds. The summed E-state index contributed by atoms with van der Waals surface area (Å²) in [6, 6.07) is 14.6. The van der Waals surface area contributed by atoms with E-state index in [4.69, 9.17) is 4.98 Å². The van der Waals surface area contributed by atoms with E-state index in [9.17, 15) is 14.4 Å². The van der Waals surface area contributed by atoms with Gasteiger partial charge < -0.3 is 19.7 Å². The van der Waals surface area contributed by atoms with Gasteiger partial charge >= 0.3 is 0 Å². The summed E-state index contributed by atoms with van der Waals surface area (Å²) < 4.78 is 2.09. The van der Waals surface area contributed by atoms with Crippen molar-refractivity contribution in [2.24, 2.45) is 5.92 Å². The molecule has 3 saturated heterocycles. The molecule has 0 bridgehead atoms. The number of benzene rings is 1. The van der Waals surface area contributed by atoms with Crippen molar-refractivity contribution in [3.8, 4) is 0 Å². The normalized spacial score (nSPS) is 21.2. The second-order valence-corrected chi connectivity index (χ2v) is 14.3. The predicted octanol–water partition coefficient (Wildman–Crippen LogP) is 5.06. The maximum Gasteiger partial charge on any atom is 0.234 e. The monoisotopic (exact) mass is 675 g/mol. The summed E-state index contributed by atoms with van der Waals surface area (Å²) in [5, 5.41) is 6.64. The van der Waals surface area contributed by atoms with E-state index in [2.05, 4.69) is 58.1 Å². The molecular weight excluding hydrogens is 630 g/mol. The lowest BCUT2D eigenvalue weighted by Gasteiger charge is -2.40. The van der Waals surface area contributed by atoms with Gasteiger partial charge in [-0.3, -0.25) is 24.6 Å². The van der Waals surface area contributed by atoms with Crippen LogP contribution < -0.4 is 20.4 Å². The fourth-order valence-corrected chi connectivity index (χ4v) is 8.36. The van der Waals surface area contributed by atoms with Crippen molar-refractivity contribution in [3.05, 3.63) is 66.1 Å². The molecule has 4 fully saturated rings. The number of piperazine rings is 1. The summed E-state index contributed by atoms with van der Waals surface area (Å²) in [6.45, 7) is 7.16. The first-order chi connectivity index (χ1) is 24.5. The van der Waals surface area contributed by atoms with Gasteiger partial charge in [-0.1, -0.05) is 25.0 Å². The summed E-state index contributed by atoms with van der Waals surface area (Å²) in [5.74, 6) is 1.25. The van der Waals surface area contributed by atoms with Crippen LogP contribution in [-0.2, 0) is 9.59 Å². The van der Waals surface area contributed by atoms with Crippen LogP contribution in [0.5, 0.6) is 0 Å². The summed E-state index contributed by atoms with van der Waals surface area (Å²) in [4.78, 5) is 57.2. The number of piperidine rings is 2. The Labute approximate surface area is 292 Å². The molecule has 2 N–H and O–H groups in total. The second-order valence-electron chi connectivity index (χ2n) is 14.3. The van der Waals surface area contributed by atoms with Crippen LogP contribution in [0.4, 0.5) is 23.1 Å². The molecule has 3 aromatic heterocycles. The maximum atomic E-state index is 12.4. The van der Waals surface area contributed by atoms with Crippen molar-refractivity contribution in [2.75, 3.05) is 60.9 Å². The number of imide groups is 1. The molecule has 4 aromatic rings. The molecule has 260 valence electrons. The molecule has 12 nitrogen and oxygen atoms in total. The van der Waals surface area contributed by atoms with Gasteiger partial charge in [0.15, 0.2) is 6.29 Å². The van der Waals surface area contributed by atoms with Crippen molar-refractivity contribution in [1.29, 1.82) is 0 Å². The van der Waals surface area contributed by atoms with E-state index in [0.717, 1.165) is 100 Å². The van der Waals surface area contributed by atoms with Crippen molar-refractivity contribution in [3.63, 3.8) is 0 Å². The van der Waals surface area contributed by atoms with Gasteiger partial charge in [-0.25, -0.2) is 9.97 Å². The average molecular weight is 676 g/mol. The number of anilines is 4. The zero-order valence-electron chi connectivity index (χ0n) is 28.5. The molecule has 12 heteroatoms. The molecule has 1 saturated carbocycles. The Morgan fingerprint density at radius 2 is 1.64 bits per heavy atom. The van der Waals surface area contributed by atoms with Crippen LogP contribution in [0.2, 0.25) is 0 Å². The fraction of sp³-hybridized carbons (Fsp3) is 0.474. The predicted molar refractivity (Wildman–Crippen MR) is 193 cm³/mol. The minimum atomic E-state index is -0.246. The van der Waals surface area contributed by atoms with E-state index in [-0.39, 0.29) is 17.7 Å². The molecule has 3 aliphatic heterocycles. The van der Waals surface area contributed by atoms with Gasteiger partial charge in [0.25, 0.3) is 0 Å². The lowest BCUT2D eigenvalue weighted by Crippen LogP contribution is -2.49. The Morgan fingerprint density at radius 1 is 0.840 bits per heavy atom. The number of hydrogen-bond acceptors (Lipinski definition) is 10. The van der Waals surface area contributed by atoms with Crippen LogP contribution in [0.25, 0.3) is 11.0 Å². The smallest absolute Gasteiger partial charge is 0.234 e. The SMILES string of the molecule is O=Cc1cc2cnc(Nc3ccc(N4CCN(CC5CCN(c6cccc(C7CCC(=O)NC7=O)c6)CC5)CC4)cn3)nc2n1C1CCCC1. The molecule has 4 aliphatic rings. The van der Waals surface area contributed by atoms with Crippen LogP contribution >= 0.6 is 0 Å². The first-order valence-electron chi connectivity index (χ1n) is 18.2. The number of pyridine rings is 1. The number of hydrogen-bond donors (Lipinski definition) is 2. The van der Waals surface area contributed by atoms with E-state index in [0.29, 0.717) is 42.3 Å². The highest BCUT2D eigenvalue weighted by atomic mass is 16.2. The quantitative estimate of drug-likeness (QED) is 0.184. The third-order valence-corrected chi connectivity index (χ3v) is 11.1. The minimum Gasteiger partial charge on any atom is -0.372 e. The zero-order chi connectivity index (χ0) is 34.0. The number of carbonyl (C=O) groups excluding carboxylic acids is 3. The number of rotatable bonds is 9. The summed E-state index contributed by atoms with van der Waals surface area (Å²) in [7, 11) is 0. The van der Waals surface area contributed by atoms with Crippen molar-refractivity contribution >= 4 is 52.3 Å². The third kappa shape index (κ3) is 6.81. The number of amides is 2. The van der Waals surface area contributed by atoms with Crippen LogP contribution in [0.1, 0.15) is 79.4 Å². The lowest BCUT2D eigenvalue weighted by atomic mass is 9.90. The van der Waals surface area contributed by atoms with Crippen molar-refractivity contribution < 1.29 is 14.4 Å². The highest BCUT2D eigenvalue weighted by molar-refractivity contribution is 6.01. The van der Waals surface area contributed by atoms with Crippen LogP contribution in [0.3, 0.4) is 0 Å². The van der Waals surface area contributed by atoms with E-state index >= 15 is 0 Å².